The minimum absolute atomic E-state index is 0.0188. The Morgan fingerprint density at radius 3 is 0.753 bits per heavy atom. The van der Waals surface area contributed by atoms with Gasteiger partial charge in [-0.15, -0.1) is 0 Å². The Morgan fingerprint density at radius 1 is 0.286 bits per heavy atom. The maximum atomic E-state index is 10.3. The van der Waals surface area contributed by atoms with Gasteiger partial charge in [0.15, 0.2) is 0 Å². The molecule has 77 heavy (non-hydrogen) atoms. The number of benzene rings is 7. The molecule has 17 nitrogen and oxygen atoms in total. The van der Waals surface area contributed by atoms with E-state index in [2.05, 4.69) is 36.4 Å². The number of aromatic nitrogens is 6. The van der Waals surface area contributed by atoms with E-state index in [1.54, 1.807) is 61.5 Å². The summed E-state index contributed by atoms with van der Waals surface area (Å²) in [5.74, 6) is 0. The third kappa shape index (κ3) is 8.06. The van der Waals surface area contributed by atoms with Crippen LogP contribution in [0.5, 0.6) is 0 Å². The Bertz CT molecular complexity index is 4810. The highest BCUT2D eigenvalue weighted by molar-refractivity contribution is 6.20. The number of nitrogens with one attached hydrogen (secondary N) is 1. The fraction of sp³-hybridized carbons (Fsp3) is 0.0167. The minimum Gasteiger partial charge on any atom is -0.308 e. The van der Waals surface area contributed by atoms with Gasteiger partial charge in [0.05, 0.1) is 102 Å². The van der Waals surface area contributed by atoms with Crippen molar-refractivity contribution in [2.45, 2.75) is 6.92 Å². The third-order valence-corrected chi connectivity index (χ3v) is 12.7. The molecular weight excluding hydrogens is 959 g/mol. The molecule has 7 aromatic carbocycles. The summed E-state index contributed by atoms with van der Waals surface area (Å²) in [6.07, 6.45) is 1.02. The Hall–Kier alpha value is -12.9. The van der Waals surface area contributed by atoms with E-state index in [0.29, 0.717) is 44.5 Å². The van der Waals surface area contributed by atoms with Crippen molar-refractivity contribution in [1.29, 1.82) is 58.0 Å². The first-order chi connectivity index (χ1) is 37.5. The molecule has 10 rings (SSSR count). The van der Waals surface area contributed by atoms with Crippen molar-refractivity contribution in [2.24, 2.45) is 0 Å². The maximum Gasteiger partial charge on any atom is 0.120 e. The second-order valence-electron chi connectivity index (χ2n) is 17.0. The van der Waals surface area contributed by atoms with Crippen LogP contribution in [0.15, 0.2) is 109 Å². The first-order valence-corrected chi connectivity index (χ1v) is 22.7. The van der Waals surface area contributed by atoms with Crippen molar-refractivity contribution in [3.05, 3.63) is 176 Å². The minimum atomic E-state index is 0.0188. The van der Waals surface area contributed by atoms with Crippen LogP contribution in [0.1, 0.15) is 66.8 Å². The lowest BCUT2D eigenvalue weighted by Crippen LogP contribution is -2.05. The lowest BCUT2D eigenvalue weighted by molar-refractivity contribution is 1.24. The summed E-state index contributed by atoms with van der Waals surface area (Å²) in [5.41, 5.74) is 5.49. The molecule has 0 radical (unpaired) electrons. The van der Waals surface area contributed by atoms with Gasteiger partial charge >= 0.3 is 0 Å². The van der Waals surface area contributed by atoms with Gasteiger partial charge in [-0.2, -0.15) is 52.6 Å². The van der Waals surface area contributed by atoms with Crippen LogP contribution in [0.25, 0.3) is 101 Å². The molecule has 3 heterocycles. The molecule has 348 valence electrons. The molecule has 0 spiro atoms. The standard InChI is InChI=1S/C60H23N17/c1-31-2-3-32(14-43(31)25-66)49-50(33-4-9-38(20-61)44(15-33)26-67)73-56-55(72-49)57-59(76-52(35-6-11-40(22-63)46(17-35)28-69)51(74-57)34-5-10-39(21-62)45(16-34)27-68)60-58(56)75-53(36-7-12-41(23-64)47(18-36)29-70)54(77-60)37-8-13-42(24-65)48(19-37)30-71/h2-19,28,69H,1H3. The van der Waals surface area contributed by atoms with Gasteiger partial charge in [-0.25, -0.2) is 29.9 Å². The van der Waals surface area contributed by atoms with Gasteiger partial charge in [0, 0.05) is 45.2 Å². The van der Waals surface area contributed by atoms with Gasteiger partial charge in [-0.1, -0.05) is 42.5 Å². The zero-order chi connectivity index (χ0) is 54.1. The first-order valence-electron chi connectivity index (χ1n) is 22.7. The lowest BCUT2D eigenvalue weighted by Gasteiger charge is -2.18. The van der Waals surface area contributed by atoms with E-state index >= 15 is 0 Å². The molecule has 0 aliphatic carbocycles. The number of hydrogen-bond donors (Lipinski definition) is 1. The van der Waals surface area contributed by atoms with Crippen LogP contribution in [0.3, 0.4) is 0 Å². The van der Waals surface area contributed by atoms with E-state index in [1.165, 1.54) is 54.6 Å². The molecule has 0 unspecified atom stereocenters. The van der Waals surface area contributed by atoms with Crippen LogP contribution in [-0.2, 0) is 0 Å². The Morgan fingerprint density at radius 2 is 0.506 bits per heavy atom. The number of nitriles is 10. The fourth-order valence-corrected chi connectivity index (χ4v) is 8.85. The predicted molar refractivity (Wildman–Crippen MR) is 278 cm³/mol. The zero-order valence-corrected chi connectivity index (χ0v) is 39.6. The molecule has 0 aliphatic heterocycles. The lowest BCUT2D eigenvalue weighted by atomic mass is 9.96. The summed E-state index contributed by atoms with van der Waals surface area (Å²) >= 11 is 0. The van der Waals surface area contributed by atoms with Crippen molar-refractivity contribution >= 4 is 39.3 Å². The van der Waals surface area contributed by atoms with Gasteiger partial charge in [0.2, 0.25) is 0 Å². The molecular formula is C60H23N17. The zero-order valence-electron chi connectivity index (χ0n) is 39.6. The van der Waals surface area contributed by atoms with Crippen molar-refractivity contribution in [3.63, 3.8) is 0 Å². The highest BCUT2D eigenvalue weighted by Gasteiger charge is 2.27. The third-order valence-electron chi connectivity index (χ3n) is 12.7. The van der Waals surface area contributed by atoms with Crippen LogP contribution < -0.4 is 0 Å². The van der Waals surface area contributed by atoms with E-state index in [-0.39, 0.29) is 123 Å². The van der Waals surface area contributed by atoms with E-state index < -0.39 is 0 Å². The van der Waals surface area contributed by atoms with Gasteiger partial charge in [0.25, 0.3) is 0 Å². The SMILES string of the molecule is Cc1ccc(-c2nc3c(nc2-c2ccc(C#N)c(C#N)c2)c2nc(-c4ccc(C#N)c(C#N)c4)c(-c4ccc(C#N)c(C#N)c4)nc2c2nc(-c4ccc(C#N)c(C=N)c4)c(-c4ccc(C#N)c(C#N)c4)nc32)cc1C#N. The topological polar surface area (TPSA) is 339 Å². The summed E-state index contributed by atoms with van der Waals surface area (Å²) in [6, 6.07) is 48.8. The van der Waals surface area contributed by atoms with Gasteiger partial charge in [0.1, 0.15) is 81.7 Å². The van der Waals surface area contributed by atoms with Crippen molar-refractivity contribution in [3.8, 4) is 128 Å². The van der Waals surface area contributed by atoms with Gasteiger partial charge in [-0.05, 0) is 79.2 Å². The second kappa shape index (κ2) is 19.4. The number of rotatable bonds is 7. The first kappa shape index (κ1) is 47.8. The van der Waals surface area contributed by atoms with E-state index in [1.807, 2.05) is 24.3 Å². The van der Waals surface area contributed by atoms with Gasteiger partial charge < -0.3 is 5.41 Å². The van der Waals surface area contributed by atoms with Crippen molar-refractivity contribution < 1.29 is 0 Å². The monoisotopic (exact) mass is 981 g/mol. The molecule has 10 aromatic rings. The number of nitrogens with zero attached hydrogens (tertiary/aromatic N) is 16. The second-order valence-corrected chi connectivity index (χ2v) is 17.0. The molecule has 0 aliphatic rings. The summed E-state index contributed by atoms with van der Waals surface area (Å²) in [4.78, 5) is 31.9. The Balaban J connectivity index is 1.47. The highest BCUT2D eigenvalue weighted by atomic mass is 14.9. The molecule has 0 amide bonds. The number of fused-ring (bicyclic) bond motifs is 6. The van der Waals surface area contributed by atoms with Gasteiger partial charge in [-0.3, -0.25) is 0 Å². The van der Waals surface area contributed by atoms with Crippen molar-refractivity contribution in [1.82, 2.24) is 29.9 Å². The highest BCUT2D eigenvalue weighted by Crippen LogP contribution is 2.43. The normalized spacial score (nSPS) is 10.3. The number of aryl methyl sites for hydroxylation is 1. The number of hydrogen-bond acceptors (Lipinski definition) is 17. The molecule has 1 N–H and O–H groups in total. The van der Waals surface area contributed by atoms with E-state index in [4.69, 9.17) is 35.3 Å². The van der Waals surface area contributed by atoms with Crippen LogP contribution >= 0.6 is 0 Å². The quantitative estimate of drug-likeness (QED) is 0.114. The summed E-state index contributed by atoms with van der Waals surface area (Å²) in [5, 5.41) is 109. The molecule has 0 saturated heterocycles. The fourth-order valence-electron chi connectivity index (χ4n) is 8.85. The Kier molecular flexibility index (Phi) is 12.0. The summed E-state index contributed by atoms with van der Waals surface area (Å²) < 4.78 is 0. The smallest absolute Gasteiger partial charge is 0.120 e. The van der Waals surface area contributed by atoms with Crippen LogP contribution in [0.2, 0.25) is 0 Å². The molecule has 0 saturated carbocycles. The van der Waals surface area contributed by atoms with E-state index in [0.717, 1.165) is 6.21 Å². The predicted octanol–water partition coefficient (Wildman–Crippen LogP) is 10.5. The van der Waals surface area contributed by atoms with E-state index in [9.17, 15) is 52.6 Å². The Labute approximate surface area is 436 Å². The van der Waals surface area contributed by atoms with Crippen LogP contribution in [0.4, 0.5) is 0 Å². The molecule has 0 bridgehead atoms. The van der Waals surface area contributed by atoms with Crippen molar-refractivity contribution in [2.75, 3.05) is 0 Å². The summed E-state index contributed by atoms with van der Waals surface area (Å²) in [6.45, 7) is 1.78. The maximum absolute atomic E-state index is 10.3. The molecule has 0 atom stereocenters. The summed E-state index contributed by atoms with van der Waals surface area (Å²) in [7, 11) is 0. The van der Waals surface area contributed by atoms with Crippen LogP contribution in [-0.4, -0.2) is 36.1 Å². The largest absolute Gasteiger partial charge is 0.308 e. The molecule has 17 heteroatoms. The average molecular weight is 982 g/mol. The molecule has 3 aromatic heterocycles. The molecule has 0 fully saturated rings. The van der Waals surface area contributed by atoms with Crippen LogP contribution in [0, 0.1) is 126 Å². The average Bonchev–Trinajstić information content (AvgIpc) is 3.63.